The number of amides is 1. The number of hydrogen-bond acceptors (Lipinski definition) is 2. The molecule has 2 rings (SSSR count). The third-order valence-corrected chi connectivity index (χ3v) is 3.49. The average Bonchev–Trinajstić information content (AvgIpc) is 2.54. The van der Waals surface area contributed by atoms with Gasteiger partial charge in [0, 0.05) is 12.7 Å². The molecule has 1 amide bonds. The van der Waals surface area contributed by atoms with Crippen LogP contribution in [0.3, 0.4) is 0 Å². The van der Waals surface area contributed by atoms with Gasteiger partial charge in [-0.15, -0.1) is 0 Å². The molecule has 1 atom stereocenters. The van der Waals surface area contributed by atoms with Crippen molar-refractivity contribution >= 4 is 23.2 Å². The number of likely N-dealkylation sites (N-methyl/N-ethyl adjacent to an activating group) is 1. The highest BCUT2D eigenvalue weighted by molar-refractivity contribution is 6.31. The standard InChI is InChI=1S/C17H18ClNO2/c1-3-13-8-7-11-15(12-13)21-16(18)17(20)19(2)14-9-5-4-6-10-14/h4-12,16H,3H2,1-2H3. The Morgan fingerprint density at radius 2 is 1.90 bits per heavy atom. The van der Waals surface area contributed by atoms with Gasteiger partial charge >= 0.3 is 0 Å². The Morgan fingerprint density at radius 1 is 1.19 bits per heavy atom. The molecule has 1 unspecified atom stereocenters. The van der Waals surface area contributed by atoms with E-state index >= 15 is 0 Å². The van der Waals surface area contributed by atoms with Crippen LogP contribution in [-0.4, -0.2) is 18.5 Å². The lowest BCUT2D eigenvalue weighted by atomic mass is 10.2. The number of ether oxygens (including phenoxy) is 1. The van der Waals surface area contributed by atoms with Crippen molar-refractivity contribution in [3.05, 3.63) is 60.2 Å². The number of halogens is 1. The maximum Gasteiger partial charge on any atom is 0.283 e. The van der Waals surface area contributed by atoms with Crippen LogP contribution in [0, 0.1) is 0 Å². The molecule has 4 heteroatoms. The smallest absolute Gasteiger partial charge is 0.283 e. The van der Waals surface area contributed by atoms with Crippen molar-refractivity contribution < 1.29 is 9.53 Å². The third-order valence-electron chi connectivity index (χ3n) is 3.21. The van der Waals surface area contributed by atoms with Crippen LogP contribution in [-0.2, 0) is 11.2 Å². The minimum absolute atomic E-state index is 0.301. The zero-order chi connectivity index (χ0) is 15.2. The predicted octanol–water partition coefficient (Wildman–Crippen LogP) is 3.86. The van der Waals surface area contributed by atoms with E-state index in [0.717, 1.165) is 17.7 Å². The van der Waals surface area contributed by atoms with E-state index < -0.39 is 5.56 Å². The lowest BCUT2D eigenvalue weighted by Gasteiger charge is -2.21. The topological polar surface area (TPSA) is 29.5 Å². The van der Waals surface area contributed by atoms with Gasteiger partial charge in [0.2, 0.25) is 0 Å². The van der Waals surface area contributed by atoms with E-state index in [1.807, 2.05) is 48.5 Å². The summed E-state index contributed by atoms with van der Waals surface area (Å²) in [6.07, 6.45) is 0.905. The molecule has 0 aromatic heterocycles. The first kappa shape index (κ1) is 15.4. The number of carbonyl (C=O) groups excluding carboxylic acids is 1. The second kappa shape index (κ2) is 7.14. The Balaban J connectivity index is 2.05. The van der Waals surface area contributed by atoms with Gasteiger partial charge in [0.25, 0.3) is 11.5 Å². The number of benzene rings is 2. The van der Waals surface area contributed by atoms with Gasteiger partial charge in [-0.05, 0) is 36.2 Å². The molecular formula is C17H18ClNO2. The van der Waals surface area contributed by atoms with Gasteiger partial charge in [-0.2, -0.15) is 0 Å². The summed E-state index contributed by atoms with van der Waals surface area (Å²) in [5.74, 6) is 0.300. The van der Waals surface area contributed by atoms with Gasteiger partial charge in [-0.3, -0.25) is 4.79 Å². The Hall–Kier alpha value is -2.00. The number of para-hydroxylation sites is 1. The monoisotopic (exact) mass is 303 g/mol. The van der Waals surface area contributed by atoms with E-state index in [4.69, 9.17) is 16.3 Å². The molecule has 0 fully saturated rings. The molecule has 0 spiro atoms. The molecule has 110 valence electrons. The zero-order valence-electron chi connectivity index (χ0n) is 12.1. The molecule has 0 saturated heterocycles. The van der Waals surface area contributed by atoms with E-state index in [1.54, 1.807) is 13.1 Å². The van der Waals surface area contributed by atoms with Gasteiger partial charge in [-0.1, -0.05) is 48.9 Å². The van der Waals surface area contributed by atoms with Crippen LogP contribution in [0.5, 0.6) is 5.75 Å². The minimum Gasteiger partial charge on any atom is -0.465 e. The number of anilines is 1. The molecule has 0 aliphatic heterocycles. The summed E-state index contributed by atoms with van der Waals surface area (Å²) in [7, 11) is 1.68. The van der Waals surface area contributed by atoms with Crippen molar-refractivity contribution in [2.24, 2.45) is 0 Å². The molecule has 0 saturated carbocycles. The molecule has 0 aliphatic rings. The van der Waals surface area contributed by atoms with Crippen LogP contribution in [0.1, 0.15) is 12.5 Å². The summed E-state index contributed by atoms with van der Waals surface area (Å²) in [4.78, 5) is 13.8. The van der Waals surface area contributed by atoms with Crippen molar-refractivity contribution in [2.75, 3.05) is 11.9 Å². The fourth-order valence-electron chi connectivity index (χ4n) is 1.94. The lowest BCUT2D eigenvalue weighted by molar-refractivity contribution is -0.121. The van der Waals surface area contributed by atoms with Crippen molar-refractivity contribution in [1.29, 1.82) is 0 Å². The largest absolute Gasteiger partial charge is 0.465 e. The normalized spacial score (nSPS) is 11.8. The fourth-order valence-corrected chi connectivity index (χ4v) is 2.19. The van der Waals surface area contributed by atoms with Gasteiger partial charge in [0.15, 0.2) is 0 Å². The minimum atomic E-state index is -1.05. The van der Waals surface area contributed by atoms with Gasteiger partial charge in [0.05, 0.1) is 0 Å². The summed E-state index contributed by atoms with van der Waals surface area (Å²) in [5, 5.41) is 0. The maximum absolute atomic E-state index is 12.3. The first-order valence-corrected chi connectivity index (χ1v) is 7.27. The van der Waals surface area contributed by atoms with Crippen LogP contribution in [0.15, 0.2) is 54.6 Å². The average molecular weight is 304 g/mol. The molecule has 0 heterocycles. The first-order chi connectivity index (χ1) is 10.1. The van der Waals surface area contributed by atoms with Crippen molar-refractivity contribution in [1.82, 2.24) is 0 Å². The number of hydrogen-bond donors (Lipinski definition) is 0. The van der Waals surface area contributed by atoms with Crippen LogP contribution in [0.4, 0.5) is 5.69 Å². The van der Waals surface area contributed by atoms with Gasteiger partial charge in [0.1, 0.15) is 5.75 Å². The molecule has 2 aromatic rings. The Labute approximate surface area is 130 Å². The summed E-state index contributed by atoms with van der Waals surface area (Å²) in [5.41, 5.74) is 0.863. The van der Waals surface area contributed by atoms with E-state index in [2.05, 4.69) is 6.92 Å². The Bertz CT molecular complexity index is 601. The second-order valence-corrected chi connectivity index (χ2v) is 5.06. The van der Waals surface area contributed by atoms with E-state index in [-0.39, 0.29) is 5.91 Å². The zero-order valence-corrected chi connectivity index (χ0v) is 12.9. The SMILES string of the molecule is CCc1cccc(OC(Cl)C(=O)N(C)c2ccccc2)c1. The summed E-state index contributed by atoms with van der Waals surface area (Å²) >= 11 is 6.09. The van der Waals surface area contributed by atoms with Gasteiger partial charge in [-0.25, -0.2) is 0 Å². The highest BCUT2D eigenvalue weighted by Crippen LogP contribution is 2.19. The van der Waals surface area contributed by atoms with Crippen LogP contribution in [0.25, 0.3) is 0 Å². The van der Waals surface area contributed by atoms with E-state index in [0.29, 0.717) is 5.75 Å². The molecule has 0 bridgehead atoms. The number of aryl methyl sites for hydroxylation is 1. The molecule has 2 aromatic carbocycles. The number of rotatable bonds is 5. The number of carbonyl (C=O) groups is 1. The van der Waals surface area contributed by atoms with Crippen LogP contribution < -0.4 is 9.64 Å². The number of nitrogens with zero attached hydrogens (tertiary/aromatic N) is 1. The highest BCUT2D eigenvalue weighted by Gasteiger charge is 2.22. The Morgan fingerprint density at radius 3 is 2.57 bits per heavy atom. The molecule has 3 nitrogen and oxygen atoms in total. The Kier molecular flexibility index (Phi) is 5.23. The van der Waals surface area contributed by atoms with Crippen LogP contribution >= 0.6 is 11.6 Å². The quantitative estimate of drug-likeness (QED) is 0.785. The summed E-state index contributed by atoms with van der Waals surface area (Å²) in [6.45, 7) is 2.06. The second-order valence-electron chi connectivity index (χ2n) is 4.67. The summed E-state index contributed by atoms with van der Waals surface area (Å²) < 4.78 is 5.54. The van der Waals surface area contributed by atoms with Crippen molar-refractivity contribution in [3.63, 3.8) is 0 Å². The van der Waals surface area contributed by atoms with E-state index in [1.165, 1.54) is 4.90 Å². The molecule has 0 aliphatic carbocycles. The molecule has 0 radical (unpaired) electrons. The fraction of sp³-hybridized carbons (Fsp3) is 0.235. The first-order valence-electron chi connectivity index (χ1n) is 6.84. The van der Waals surface area contributed by atoms with Crippen molar-refractivity contribution in [2.45, 2.75) is 18.9 Å². The third kappa shape index (κ3) is 3.99. The lowest BCUT2D eigenvalue weighted by Crippen LogP contribution is -2.36. The van der Waals surface area contributed by atoms with Crippen molar-refractivity contribution in [3.8, 4) is 5.75 Å². The highest BCUT2D eigenvalue weighted by atomic mass is 35.5. The molecule has 0 N–H and O–H groups in total. The van der Waals surface area contributed by atoms with Crippen LogP contribution in [0.2, 0.25) is 0 Å². The maximum atomic E-state index is 12.3. The molecular weight excluding hydrogens is 286 g/mol. The predicted molar refractivity (Wildman–Crippen MR) is 85.9 cm³/mol. The van der Waals surface area contributed by atoms with E-state index in [9.17, 15) is 4.79 Å². The van der Waals surface area contributed by atoms with Gasteiger partial charge < -0.3 is 9.64 Å². The summed E-state index contributed by atoms with van der Waals surface area (Å²) in [6, 6.07) is 16.9. The molecule has 21 heavy (non-hydrogen) atoms. The number of alkyl halides is 1.